The zero-order valence-electron chi connectivity index (χ0n) is 22.0. The number of methoxy groups -OCH3 is 1. The lowest BCUT2D eigenvalue weighted by Crippen LogP contribution is -2.49. The molecule has 1 aromatic heterocycles. The van der Waals surface area contributed by atoms with Gasteiger partial charge in [0.05, 0.1) is 30.9 Å². The average molecular weight is 499 g/mol. The number of fused-ring (bicyclic) bond motifs is 1. The molecular weight excluding hydrogens is 464 g/mol. The number of benzene rings is 2. The Hall–Kier alpha value is -3.87. The molecule has 2 saturated heterocycles. The summed E-state index contributed by atoms with van der Waals surface area (Å²) in [6.07, 6.45) is 10.6. The van der Waals surface area contributed by atoms with Gasteiger partial charge in [-0.2, -0.15) is 0 Å². The lowest BCUT2D eigenvalue weighted by Gasteiger charge is -2.46. The Bertz CT molecular complexity index is 1340. The van der Waals surface area contributed by atoms with E-state index in [0.29, 0.717) is 5.56 Å². The number of imidazole rings is 1. The van der Waals surface area contributed by atoms with Crippen LogP contribution in [0.15, 0.2) is 60.6 Å². The SMILES string of the molecule is COc1cc(C=C2CC[C@@H]3CCC[C@@H](c4ccc(C(=O)N(C)C)cc4)N3C2=O)ccc1-n1cnc(C)c1. The zero-order chi connectivity index (χ0) is 26.1. The molecule has 0 aliphatic carbocycles. The number of piperidine rings is 2. The molecule has 2 aromatic carbocycles. The van der Waals surface area contributed by atoms with Crippen molar-refractivity contribution in [3.8, 4) is 11.4 Å². The van der Waals surface area contributed by atoms with Crippen molar-refractivity contribution in [1.82, 2.24) is 19.4 Å². The molecule has 0 unspecified atom stereocenters. The monoisotopic (exact) mass is 498 g/mol. The maximum absolute atomic E-state index is 13.8. The third-order valence-corrected chi connectivity index (χ3v) is 7.48. The molecule has 2 fully saturated rings. The highest BCUT2D eigenvalue weighted by atomic mass is 16.5. The van der Waals surface area contributed by atoms with Crippen LogP contribution in [-0.2, 0) is 4.79 Å². The molecule has 7 nitrogen and oxygen atoms in total. The summed E-state index contributed by atoms with van der Waals surface area (Å²) < 4.78 is 7.61. The fourth-order valence-corrected chi connectivity index (χ4v) is 5.58. The van der Waals surface area contributed by atoms with Crippen LogP contribution >= 0.6 is 0 Å². The summed E-state index contributed by atoms with van der Waals surface area (Å²) in [6.45, 7) is 1.95. The van der Waals surface area contributed by atoms with Gasteiger partial charge in [0.15, 0.2) is 0 Å². The van der Waals surface area contributed by atoms with E-state index in [4.69, 9.17) is 4.74 Å². The predicted molar refractivity (Wildman–Crippen MR) is 144 cm³/mol. The molecular formula is C30H34N4O3. The van der Waals surface area contributed by atoms with Crippen molar-refractivity contribution in [2.45, 2.75) is 51.1 Å². The van der Waals surface area contributed by atoms with Crippen LogP contribution in [0.25, 0.3) is 11.8 Å². The highest BCUT2D eigenvalue weighted by Crippen LogP contribution is 2.41. The van der Waals surface area contributed by atoms with E-state index < -0.39 is 0 Å². The van der Waals surface area contributed by atoms with E-state index in [0.717, 1.165) is 65.9 Å². The van der Waals surface area contributed by atoms with E-state index in [-0.39, 0.29) is 23.9 Å². The Balaban J connectivity index is 1.41. The Morgan fingerprint density at radius 1 is 1.11 bits per heavy atom. The number of rotatable bonds is 5. The molecule has 0 bridgehead atoms. The lowest BCUT2D eigenvalue weighted by molar-refractivity contribution is -0.136. The van der Waals surface area contributed by atoms with Crippen molar-refractivity contribution in [2.24, 2.45) is 0 Å². The predicted octanol–water partition coefficient (Wildman–Crippen LogP) is 5.19. The van der Waals surface area contributed by atoms with E-state index in [1.54, 1.807) is 32.4 Å². The fraction of sp³-hybridized carbons (Fsp3) is 0.367. The molecule has 7 heteroatoms. The van der Waals surface area contributed by atoms with Gasteiger partial charge in [0.1, 0.15) is 5.75 Å². The third-order valence-electron chi connectivity index (χ3n) is 7.48. The van der Waals surface area contributed by atoms with Gasteiger partial charge in [-0.25, -0.2) is 4.98 Å². The van der Waals surface area contributed by atoms with Gasteiger partial charge in [-0.15, -0.1) is 0 Å². The summed E-state index contributed by atoms with van der Waals surface area (Å²) in [5, 5.41) is 0. The second-order valence-corrected chi connectivity index (χ2v) is 10.2. The molecule has 0 N–H and O–H groups in total. The van der Waals surface area contributed by atoms with Crippen molar-refractivity contribution in [1.29, 1.82) is 0 Å². The van der Waals surface area contributed by atoms with E-state index in [1.165, 1.54) is 0 Å². The van der Waals surface area contributed by atoms with Gasteiger partial charge < -0.3 is 19.1 Å². The van der Waals surface area contributed by atoms with Crippen LogP contribution in [0.4, 0.5) is 0 Å². The number of aryl methyl sites for hydroxylation is 1. The molecule has 2 amide bonds. The molecule has 3 heterocycles. The highest BCUT2D eigenvalue weighted by molar-refractivity contribution is 5.99. The first-order valence-electron chi connectivity index (χ1n) is 12.9. The summed E-state index contributed by atoms with van der Waals surface area (Å²) in [4.78, 5) is 34.1. The molecule has 2 aliphatic heterocycles. The number of carbonyl (C=O) groups is 2. The van der Waals surface area contributed by atoms with E-state index >= 15 is 0 Å². The Morgan fingerprint density at radius 2 is 1.89 bits per heavy atom. The molecule has 3 aromatic rings. The lowest BCUT2D eigenvalue weighted by atomic mass is 9.83. The third kappa shape index (κ3) is 4.90. The number of hydrogen-bond acceptors (Lipinski definition) is 4. The highest BCUT2D eigenvalue weighted by Gasteiger charge is 2.39. The Labute approximate surface area is 218 Å². The quantitative estimate of drug-likeness (QED) is 0.454. The Morgan fingerprint density at radius 3 is 2.57 bits per heavy atom. The first-order chi connectivity index (χ1) is 17.9. The van der Waals surface area contributed by atoms with Crippen molar-refractivity contribution in [3.05, 3.63) is 82.9 Å². The molecule has 0 saturated carbocycles. The zero-order valence-corrected chi connectivity index (χ0v) is 22.0. The first kappa shape index (κ1) is 24.8. The summed E-state index contributed by atoms with van der Waals surface area (Å²) in [5.74, 6) is 0.829. The van der Waals surface area contributed by atoms with Gasteiger partial charge in [-0.1, -0.05) is 18.2 Å². The van der Waals surface area contributed by atoms with Gasteiger partial charge in [0.2, 0.25) is 0 Å². The second kappa shape index (κ2) is 10.2. The topological polar surface area (TPSA) is 67.7 Å². The molecule has 5 rings (SSSR count). The number of aromatic nitrogens is 2. The van der Waals surface area contributed by atoms with Crippen molar-refractivity contribution >= 4 is 17.9 Å². The first-order valence-corrected chi connectivity index (χ1v) is 12.9. The molecule has 0 radical (unpaired) electrons. The van der Waals surface area contributed by atoms with E-state index in [1.807, 2.05) is 66.2 Å². The smallest absolute Gasteiger partial charge is 0.253 e. The minimum atomic E-state index is -0.0167. The molecule has 2 atom stereocenters. The molecule has 192 valence electrons. The standard InChI is InChI=1S/C30H34N4O3/c1-20-18-33(19-31-20)27-15-8-21(17-28(27)37-4)16-24-13-14-25-6-5-7-26(34(25)30(24)36)22-9-11-23(12-10-22)29(35)32(2)3/h8-12,15-19,25-26H,5-7,13-14H2,1-4H3/t25-,26-/m0/s1. The minimum Gasteiger partial charge on any atom is -0.495 e. The van der Waals surface area contributed by atoms with Crippen LogP contribution in [0.2, 0.25) is 0 Å². The second-order valence-electron chi connectivity index (χ2n) is 10.2. The van der Waals surface area contributed by atoms with Crippen LogP contribution in [-0.4, -0.2) is 58.4 Å². The summed E-state index contributed by atoms with van der Waals surface area (Å²) in [6, 6.07) is 14.1. The van der Waals surface area contributed by atoms with Gasteiger partial charge in [0.25, 0.3) is 11.8 Å². The Kier molecular flexibility index (Phi) is 6.87. The van der Waals surface area contributed by atoms with Crippen molar-refractivity contribution < 1.29 is 14.3 Å². The summed E-state index contributed by atoms with van der Waals surface area (Å²) in [7, 11) is 5.17. The summed E-state index contributed by atoms with van der Waals surface area (Å²) >= 11 is 0. The van der Waals surface area contributed by atoms with Gasteiger partial charge in [-0.3, -0.25) is 9.59 Å². The van der Waals surface area contributed by atoms with Crippen molar-refractivity contribution in [2.75, 3.05) is 21.2 Å². The number of nitrogens with zero attached hydrogens (tertiary/aromatic N) is 4. The average Bonchev–Trinajstić information content (AvgIpc) is 3.35. The van der Waals surface area contributed by atoms with Crippen LogP contribution in [0.3, 0.4) is 0 Å². The summed E-state index contributed by atoms with van der Waals surface area (Å²) in [5.41, 5.74) is 5.37. The largest absolute Gasteiger partial charge is 0.495 e. The van der Waals surface area contributed by atoms with E-state index in [2.05, 4.69) is 9.88 Å². The van der Waals surface area contributed by atoms with Crippen LogP contribution in [0.5, 0.6) is 5.75 Å². The fourth-order valence-electron chi connectivity index (χ4n) is 5.58. The van der Waals surface area contributed by atoms with E-state index in [9.17, 15) is 9.59 Å². The number of amides is 2. The van der Waals surface area contributed by atoms with Crippen LogP contribution in [0.1, 0.15) is 65.3 Å². The number of carbonyl (C=O) groups excluding carboxylic acids is 2. The number of hydrogen-bond donors (Lipinski definition) is 0. The number of ether oxygens (including phenoxy) is 1. The molecule has 37 heavy (non-hydrogen) atoms. The van der Waals surface area contributed by atoms with Gasteiger partial charge in [-0.05, 0) is 80.5 Å². The molecule has 0 spiro atoms. The maximum Gasteiger partial charge on any atom is 0.253 e. The van der Waals surface area contributed by atoms with Gasteiger partial charge in [0, 0.05) is 37.5 Å². The van der Waals surface area contributed by atoms with Crippen molar-refractivity contribution in [3.63, 3.8) is 0 Å². The van der Waals surface area contributed by atoms with Gasteiger partial charge >= 0.3 is 0 Å². The normalized spacial score (nSPS) is 20.6. The van der Waals surface area contributed by atoms with Crippen LogP contribution in [0, 0.1) is 6.92 Å². The maximum atomic E-state index is 13.8. The van der Waals surface area contributed by atoms with Crippen LogP contribution < -0.4 is 4.74 Å². The minimum absolute atomic E-state index is 0.0167. The molecule has 2 aliphatic rings.